The molecule has 1 aliphatic heterocycles. The van der Waals surface area contributed by atoms with Gasteiger partial charge >= 0.3 is 0 Å². The summed E-state index contributed by atoms with van der Waals surface area (Å²) >= 11 is 0. The van der Waals surface area contributed by atoms with Gasteiger partial charge in [-0.2, -0.15) is 0 Å². The van der Waals surface area contributed by atoms with E-state index in [0.29, 0.717) is 24.9 Å². The Morgan fingerprint density at radius 1 is 1.38 bits per heavy atom. The lowest BCUT2D eigenvalue weighted by atomic mass is 10.1. The molecule has 0 aliphatic carbocycles. The van der Waals surface area contributed by atoms with Crippen LogP contribution >= 0.6 is 0 Å². The Balaban J connectivity index is 1.89. The van der Waals surface area contributed by atoms with Crippen LogP contribution in [-0.4, -0.2) is 28.9 Å². The zero-order valence-corrected chi connectivity index (χ0v) is 14.2. The van der Waals surface area contributed by atoms with Gasteiger partial charge in [-0.3, -0.25) is 10.1 Å². The predicted octanol–water partition coefficient (Wildman–Crippen LogP) is 1.70. The second kappa shape index (κ2) is 5.99. The number of imidazole rings is 1. The number of aromatic nitrogens is 2. The molecule has 0 saturated carbocycles. The molecule has 2 aromatic rings. The fraction of sp³-hybridized carbons (Fsp3) is 0.400. The highest BCUT2D eigenvalue weighted by atomic mass is 32.2. The van der Waals surface area contributed by atoms with E-state index in [0.717, 1.165) is 11.5 Å². The van der Waals surface area contributed by atoms with Gasteiger partial charge in [-0.1, -0.05) is 12.1 Å². The number of hydrogen-bond acceptors (Lipinski definition) is 5. The third-order valence-electron chi connectivity index (χ3n) is 4.09. The van der Waals surface area contributed by atoms with E-state index in [1.807, 2.05) is 17.7 Å². The van der Waals surface area contributed by atoms with Crippen molar-refractivity contribution in [3.8, 4) is 0 Å². The molecule has 9 heteroatoms. The molecule has 0 radical (unpaired) electrons. The Labute approximate surface area is 139 Å². The lowest BCUT2D eigenvalue weighted by molar-refractivity contribution is -0.387. The maximum Gasteiger partial charge on any atom is 0.289 e. The molecule has 1 atom stereocenters. The summed E-state index contributed by atoms with van der Waals surface area (Å²) in [6.45, 7) is 3.91. The number of nitrogens with one attached hydrogen (secondary N) is 1. The highest BCUT2D eigenvalue weighted by molar-refractivity contribution is 7.89. The van der Waals surface area contributed by atoms with E-state index in [2.05, 4.69) is 9.71 Å². The number of benzene rings is 1. The summed E-state index contributed by atoms with van der Waals surface area (Å²) in [6, 6.07) is 3.92. The number of nitro groups is 1. The van der Waals surface area contributed by atoms with Crippen LogP contribution in [0.15, 0.2) is 29.3 Å². The molecule has 0 bridgehead atoms. The number of nitrogens with zero attached hydrogens (tertiary/aromatic N) is 3. The van der Waals surface area contributed by atoms with Gasteiger partial charge in [-0.15, -0.1) is 0 Å². The molecule has 0 fully saturated rings. The first-order valence-corrected chi connectivity index (χ1v) is 9.05. The molecule has 8 nitrogen and oxygen atoms in total. The average Bonchev–Trinajstić information content (AvgIpc) is 2.85. The monoisotopic (exact) mass is 350 g/mol. The van der Waals surface area contributed by atoms with Crippen molar-refractivity contribution in [3.63, 3.8) is 0 Å². The van der Waals surface area contributed by atoms with Gasteiger partial charge < -0.3 is 4.57 Å². The fourth-order valence-corrected chi connectivity index (χ4v) is 4.75. The molecular formula is C15H18N4O4S. The Morgan fingerprint density at radius 3 is 2.83 bits per heavy atom. The number of nitro benzene ring substituents is 1. The maximum atomic E-state index is 12.7. The van der Waals surface area contributed by atoms with Crippen LogP contribution in [0.3, 0.4) is 0 Å². The van der Waals surface area contributed by atoms with Gasteiger partial charge in [0.1, 0.15) is 5.82 Å². The van der Waals surface area contributed by atoms with E-state index >= 15 is 0 Å². The predicted molar refractivity (Wildman–Crippen MR) is 87.2 cm³/mol. The quantitative estimate of drug-likeness (QED) is 0.667. The lowest BCUT2D eigenvalue weighted by Crippen LogP contribution is -2.41. The summed E-state index contributed by atoms with van der Waals surface area (Å²) < 4.78 is 30.0. The van der Waals surface area contributed by atoms with Crippen LogP contribution in [0.5, 0.6) is 0 Å². The van der Waals surface area contributed by atoms with Gasteiger partial charge in [0.2, 0.25) is 10.0 Å². The van der Waals surface area contributed by atoms with Crippen LogP contribution in [0, 0.1) is 24.0 Å². The van der Waals surface area contributed by atoms with E-state index in [4.69, 9.17) is 0 Å². The van der Waals surface area contributed by atoms with Gasteiger partial charge in [-0.25, -0.2) is 18.1 Å². The molecule has 0 saturated heterocycles. The fourth-order valence-electron chi connectivity index (χ4n) is 3.09. The molecule has 1 aromatic carbocycles. The molecule has 24 heavy (non-hydrogen) atoms. The van der Waals surface area contributed by atoms with Crippen molar-refractivity contribution < 1.29 is 13.3 Å². The van der Waals surface area contributed by atoms with Crippen molar-refractivity contribution in [3.05, 3.63) is 51.6 Å². The maximum absolute atomic E-state index is 12.7. The van der Waals surface area contributed by atoms with Crippen molar-refractivity contribution in [2.45, 2.75) is 44.2 Å². The Hall–Kier alpha value is -2.26. The van der Waals surface area contributed by atoms with Crippen molar-refractivity contribution in [2.24, 2.45) is 0 Å². The van der Waals surface area contributed by atoms with E-state index in [9.17, 15) is 18.5 Å². The highest BCUT2D eigenvalue weighted by Gasteiger charge is 2.31. The number of hydrogen-bond donors (Lipinski definition) is 1. The second-order valence-electron chi connectivity index (χ2n) is 5.99. The van der Waals surface area contributed by atoms with E-state index < -0.39 is 20.6 Å². The first-order valence-electron chi connectivity index (χ1n) is 7.57. The van der Waals surface area contributed by atoms with Crippen molar-refractivity contribution in [2.75, 3.05) is 0 Å². The minimum Gasteiger partial charge on any atom is -0.333 e. The van der Waals surface area contributed by atoms with Crippen LogP contribution < -0.4 is 4.72 Å². The van der Waals surface area contributed by atoms with Crippen LogP contribution in [0.4, 0.5) is 5.69 Å². The summed E-state index contributed by atoms with van der Waals surface area (Å²) in [7, 11) is -3.99. The number of aryl methyl sites for hydroxylation is 3. The molecule has 1 aliphatic rings. The van der Waals surface area contributed by atoms with Crippen LogP contribution in [0.25, 0.3) is 0 Å². The van der Waals surface area contributed by atoms with E-state index in [1.54, 1.807) is 13.0 Å². The first kappa shape index (κ1) is 16.6. The normalized spacial score (nSPS) is 17.5. The van der Waals surface area contributed by atoms with Crippen LogP contribution in [0.1, 0.15) is 23.5 Å². The second-order valence-corrected chi connectivity index (χ2v) is 7.64. The Kier molecular flexibility index (Phi) is 4.14. The minimum atomic E-state index is -3.99. The van der Waals surface area contributed by atoms with Gasteiger partial charge in [0.05, 0.1) is 10.6 Å². The molecule has 128 valence electrons. The summed E-state index contributed by atoms with van der Waals surface area (Å²) in [5.74, 6) is 0.935. The largest absolute Gasteiger partial charge is 0.333 e. The van der Waals surface area contributed by atoms with Gasteiger partial charge in [0, 0.05) is 31.3 Å². The SMILES string of the molecule is Cc1cn2c(n1)CCC(NS(=O)(=O)c1c(C)cccc1[N+](=O)[O-])C2. The van der Waals surface area contributed by atoms with E-state index in [-0.39, 0.29) is 10.9 Å². The summed E-state index contributed by atoms with van der Waals surface area (Å²) in [4.78, 5) is 14.6. The topological polar surface area (TPSA) is 107 Å². The third-order valence-corrected chi connectivity index (χ3v) is 5.80. The minimum absolute atomic E-state index is 0.261. The first-order chi connectivity index (χ1) is 11.3. The van der Waals surface area contributed by atoms with Crippen molar-refractivity contribution in [1.29, 1.82) is 0 Å². The molecule has 1 N–H and O–H groups in total. The molecule has 1 aromatic heterocycles. The summed E-state index contributed by atoms with van der Waals surface area (Å²) in [5, 5.41) is 11.2. The third kappa shape index (κ3) is 3.04. The van der Waals surface area contributed by atoms with E-state index in [1.165, 1.54) is 12.1 Å². The van der Waals surface area contributed by atoms with Crippen molar-refractivity contribution in [1.82, 2.24) is 14.3 Å². The number of sulfonamides is 1. The number of rotatable bonds is 4. The summed E-state index contributed by atoms with van der Waals surface area (Å²) in [5.41, 5.74) is 0.840. The molecule has 1 unspecified atom stereocenters. The lowest BCUT2D eigenvalue weighted by Gasteiger charge is -2.24. The van der Waals surface area contributed by atoms with Crippen LogP contribution in [0.2, 0.25) is 0 Å². The molecule has 0 spiro atoms. The Morgan fingerprint density at radius 2 is 2.12 bits per heavy atom. The van der Waals surface area contributed by atoms with Gasteiger partial charge in [0.15, 0.2) is 4.90 Å². The van der Waals surface area contributed by atoms with Crippen LogP contribution in [-0.2, 0) is 23.0 Å². The van der Waals surface area contributed by atoms with Gasteiger partial charge in [-0.05, 0) is 25.8 Å². The number of fused-ring (bicyclic) bond motifs is 1. The molecule has 0 amide bonds. The molecule has 3 rings (SSSR count). The zero-order chi connectivity index (χ0) is 17.5. The standard InChI is InChI=1S/C15H18N4O4S/c1-10-4-3-5-13(19(20)21)15(10)24(22,23)17-12-6-7-14-16-11(2)8-18(14)9-12/h3-5,8,12,17H,6-7,9H2,1-2H3. The summed E-state index contributed by atoms with van der Waals surface area (Å²) in [6.07, 6.45) is 3.15. The average molecular weight is 350 g/mol. The molecule has 2 heterocycles. The Bertz CT molecular complexity index is 904. The highest BCUT2D eigenvalue weighted by Crippen LogP contribution is 2.27. The molecular weight excluding hydrogens is 332 g/mol. The smallest absolute Gasteiger partial charge is 0.289 e. The van der Waals surface area contributed by atoms with Crippen molar-refractivity contribution >= 4 is 15.7 Å². The zero-order valence-electron chi connectivity index (χ0n) is 13.4. The van der Waals surface area contributed by atoms with Gasteiger partial charge in [0.25, 0.3) is 5.69 Å².